The average molecular weight is 257 g/mol. The van der Waals surface area contributed by atoms with Crippen LogP contribution in [0.1, 0.15) is 45.4 Å². The van der Waals surface area contributed by atoms with Gasteiger partial charge in [0, 0.05) is 13.0 Å². The lowest BCUT2D eigenvalue weighted by atomic mass is 10.1. The van der Waals surface area contributed by atoms with Crippen LogP contribution in [0.3, 0.4) is 0 Å². The molecule has 18 heavy (non-hydrogen) atoms. The fraction of sp³-hybridized carbons (Fsp3) is 0.833. The summed E-state index contributed by atoms with van der Waals surface area (Å²) < 4.78 is 5.46. The Kier molecular flexibility index (Phi) is 6.49. The smallest absolute Gasteiger partial charge is 0.220 e. The molecule has 0 aliphatic carbocycles. The largest absolute Gasteiger partial charge is 0.409 e. The summed E-state index contributed by atoms with van der Waals surface area (Å²) in [6.45, 7) is 2.78. The molecule has 0 aromatic rings. The van der Waals surface area contributed by atoms with Crippen LogP contribution in [0.15, 0.2) is 5.16 Å². The molecule has 0 spiro atoms. The number of nitrogens with one attached hydrogen (secondary N) is 1. The minimum Gasteiger partial charge on any atom is -0.409 e. The highest BCUT2D eigenvalue weighted by Gasteiger charge is 2.19. The van der Waals surface area contributed by atoms with E-state index in [-0.39, 0.29) is 23.9 Å². The van der Waals surface area contributed by atoms with Gasteiger partial charge in [0.05, 0.1) is 12.1 Å². The fourth-order valence-corrected chi connectivity index (χ4v) is 2.08. The molecule has 1 saturated heterocycles. The number of carbonyl (C=O) groups excluding carboxylic acids is 1. The zero-order valence-corrected chi connectivity index (χ0v) is 10.9. The third-order valence-electron chi connectivity index (χ3n) is 3.10. The number of hydrogen-bond donors (Lipinski definition) is 3. The van der Waals surface area contributed by atoms with Gasteiger partial charge >= 0.3 is 0 Å². The van der Waals surface area contributed by atoms with Crippen molar-refractivity contribution in [3.63, 3.8) is 0 Å². The lowest BCUT2D eigenvalue weighted by Crippen LogP contribution is -2.44. The second-order valence-corrected chi connectivity index (χ2v) is 4.61. The minimum atomic E-state index is -0.378. The third-order valence-corrected chi connectivity index (χ3v) is 3.10. The van der Waals surface area contributed by atoms with Crippen LogP contribution in [0.2, 0.25) is 0 Å². The second kappa shape index (κ2) is 7.92. The van der Waals surface area contributed by atoms with Crippen molar-refractivity contribution in [1.29, 1.82) is 0 Å². The van der Waals surface area contributed by atoms with Gasteiger partial charge in [-0.25, -0.2) is 0 Å². The molecule has 2 unspecified atom stereocenters. The zero-order chi connectivity index (χ0) is 13.4. The number of hydrogen-bond acceptors (Lipinski definition) is 4. The Morgan fingerprint density at radius 2 is 2.44 bits per heavy atom. The summed E-state index contributed by atoms with van der Waals surface area (Å²) >= 11 is 0. The van der Waals surface area contributed by atoms with E-state index in [1.54, 1.807) is 0 Å². The second-order valence-electron chi connectivity index (χ2n) is 4.61. The van der Waals surface area contributed by atoms with E-state index in [1.165, 1.54) is 0 Å². The van der Waals surface area contributed by atoms with Crippen LogP contribution >= 0.6 is 0 Å². The van der Waals surface area contributed by atoms with E-state index in [0.29, 0.717) is 12.8 Å². The molecule has 104 valence electrons. The van der Waals surface area contributed by atoms with E-state index in [2.05, 4.69) is 10.5 Å². The normalized spacial score (nSPS) is 21.8. The Balaban J connectivity index is 2.31. The van der Waals surface area contributed by atoms with Crippen molar-refractivity contribution < 1.29 is 14.7 Å². The van der Waals surface area contributed by atoms with Gasteiger partial charge in [0.25, 0.3) is 0 Å². The van der Waals surface area contributed by atoms with Crippen LogP contribution in [-0.4, -0.2) is 35.7 Å². The molecule has 6 nitrogen and oxygen atoms in total. The van der Waals surface area contributed by atoms with Crippen molar-refractivity contribution in [2.75, 3.05) is 6.61 Å². The maximum Gasteiger partial charge on any atom is 0.220 e. The first-order chi connectivity index (χ1) is 8.67. The van der Waals surface area contributed by atoms with E-state index in [9.17, 15) is 4.79 Å². The lowest BCUT2D eigenvalue weighted by molar-refractivity contribution is -0.122. The summed E-state index contributed by atoms with van der Waals surface area (Å²) in [5.41, 5.74) is 5.53. The SMILES string of the molecule is CCCC(NC(=O)CCC1CCCO1)C(N)=NO. The molecule has 0 bridgehead atoms. The number of ether oxygens (including phenoxy) is 1. The Labute approximate surface area is 108 Å². The first-order valence-corrected chi connectivity index (χ1v) is 6.55. The zero-order valence-electron chi connectivity index (χ0n) is 10.9. The quantitative estimate of drug-likeness (QED) is 0.274. The fourth-order valence-electron chi connectivity index (χ4n) is 2.08. The average Bonchev–Trinajstić information content (AvgIpc) is 2.88. The van der Waals surface area contributed by atoms with Gasteiger partial charge < -0.3 is 21.0 Å². The topological polar surface area (TPSA) is 96.9 Å². The number of nitrogens with two attached hydrogens (primary N) is 1. The molecule has 1 rings (SSSR count). The highest BCUT2D eigenvalue weighted by Crippen LogP contribution is 2.16. The van der Waals surface area contributed by atoms with Gasteiger partial charge in [-0.15, -0.1) is 0 Å². The van der Waals surface area contributed by atoms with Gasteiger partial charge in [-0.2, -0.15) is 0 Å². The molecule has 1 fully saturated rings. The molecule has 0 aromatic carbocycles. The van der Waals surface area contributed by atoms with Gasteiger partial charge in [-0.05, 0) is 25.7 Å². The summed E-state index contributed by atoms with van der Waals surface area (Å²) in [5.74, 6) is -0.0159. The van der Waals surface area contributed by atoms with Crippen molar-refractivity contribution >= 4 is 11.7 Å². The molecule has 4 N–H and O–H groups in total. The summed E-state index contributed by atoms with van der Waals surface area (Å²) in [6, 6.07) is -0.378. The van der Waals surface area contributed by atoms with Gasteiger partial charge in [-0.1, -0.05) is 18.5 Å². The number of rotatable bonds is 7. The number of oxime groups is 1. The van der Waals surface area contributed by atoms with Crippen LogP contribution in [0.4, 0.5) is 0 Å². The summed E-state index contributed by atoms with van der Waals surface area (Å²) in [4.78, 5) is 11.7. The standard InChI is InChI=1S/C12H23N3O3/c1-2-4-10(12(13)15-17)14-11(16)7-6-9-5-3-8-18-9/h9-10,17H,2-8H2,1H3,(H2,13,15)(H,14,16). The van der Waals surface area contributed by atoms with Gasteiger partial charge in [-0.3, -0.25) is 4.79 Å². The molecular weight excluding hydrogens is 234 g/mol. The van der Waals surface area contributed by atoms with Crippen molar-refractivity contribution in [2.24, 2.45) is 10.9 Å². The number of amidine groups is 1. The molecule has 1 amide bonds. The van der Waals surface area contributed by atoms with E-state index >= 15 is 0 Å². The Morgan fingerprint density at radius 3 is 3.00 bits per heavy atom. The number of amides is 1. The van der Waals surface area contributed by atoms with Crippen LogP contribution in [-0.2, 0) is 9.53 Å². The van der Waals surface area contributed by atoms with E-state index in [4.69, 9.17) is 15.7 Å². The molecule has 0 saturated carbocycles. The van der Waals surface area contributed by atoms with Crippen LogP contribution in [0, 0.1) is 0 Å². The van der Waals surface area contributed by atoms with Crippen LogP contribution < -0.4 is 11.1 Å². The number of carbonyl (C=O) groups is 1. The molecule has 1 aliphatic heterocycles. The van der Waals surface area contributed by atoms with Gasteiger partial charge in [0.1, 0.15) is 0 Å². The molecule has 0 radical (unpaired) electrons. The molecule has 6 heteroatoms. The highest BCUT2D eigenvalue weighted by molar-refractivity contribution is 5.89. The van der Waals surface area contributed by atoms with E-state index in [1.807, 2.05) is 6.92 Å². The predicted octanol–water partition coefficient (Wildman–Crippen LogP) is 0.977. The molecule has 2 atom stereocenters. The van der Waals surface area contributed by atoms with Crippen molar-refractivity contribution in [3.05, 3.63) is 0 Å². The van der Waals surface area contributed by atoms with Crippen molar-refractivity contribution in [2.45, 2.75) is 57.6 Å². The van der Waals surface area contributed by atoms with Gasteiger partial charge in [0.2, 0.25) is 5.91 Å². The van der Waals surface area contributed by atoms with Crippen molar-refractivity contribution in [3.8, 4) is 0 Å². The number of nitrogens with zero attached hydrogens (tertiary/aromatic N) is 1. The Morgan fingerprint density at radius 1 is 1.67 bits per heavy atom. The van der Waals surface area contributed by atoms with E-state index < -0.39 is 0 Å². The Bertz CT molecular complexity index is 288. The third kappa shape index (κ3) is 4.91. The van der Waals surface area contributed by atoms with Gasteiger partial charge in [0.15, 0.2) is 5.84 Å². The maximum absolute atomic E-state index is 11.7. The monoisotopic (exact) mass is 257 g/mol. The van der Waals surface area contributed by atoms with E-state index in [0.717, 1.165) is 32.3 Å². The van der Waals surface area contributed by atoms with Crippen LogP contribution in [0.5, 0.6) is 0 Å². The minimum absolute atomic E-state index is 0.0577. The van der Waals surface area contributed by atoms with Crippen LogP contribution in [0.25, 0.3) is 0 Å². The van der Waals surface area contributed by atoms with Crippen molar-refractivity contribution in [1.82, 2.24) is 5.32 Å². The maximum atomic E-state index is 11.7. The Hall–Kier alpha value is -1.30. The summed E-state index contributed by atoms with van der Waals surface area (Å²) in [7, 11) is 0. The summed E-state index contributed by atoms with van der Waals surface area (Å²) in [5, 5.41) is 14.4. The molecule has 1 heterocycles. The summed E-state index contributed by atoms with van der Waals surface area (Å²) in [6.07, 6.45) is 5.00. The molecule has 1 aliphatic rings. The first kappa shape index (κ1) is 14.8. The highest BCUT2D eigenvalue weighted by atomic mass is 16.5. The first-order valence-electron chi connectivity index (χ1n) is 6.55. The lowest BCUT2D eigenvalue weighted by Gasteiger charge is -2.17. The molecule has 0 aromatic heterocycles. The molecular formula is C12H23N3O3. The predicted molar refractivity (Wildman–Crippen MR) is 68.5 cm³/mol.